The van der Waals surface area contributed by atoms with Gasteiger partial charge in [0.05, 0.1) is 13.0 Å². The lowest BCUT2D eigenvalue weighted by Crippen LogP contribution is -2.53. The number of carbonyl (C=O) groups is 2. The van der Waals surface area contributed by atoms with Crippen molar-refractivity contribution in [2.24, 2.45) is 0 Å². The highest BCUT2D eigenvalue weighted by molar-refractivity contribution is 6.31. The Morgan fingerprint density at radius 3 is 2.40 bits per heavy atom. The Labute approximate surface area is 178 Å². The smallest absolute Gasteiger partial charge is 0.317 e. The van der Waals surface area contributed by atoms with Crippen molar-refractivity contribution in [2.75, 3.05) is 39.3 Å². The van der Waals surface area contributed by atoms with Gasteiger partial charge < -0.3 is 19.9 Å². The molecule has 3 rings (SSSR count). The van der Waals surface area contributed by atoms with E-state index in [1.165, 1.54) is 6.07 Å². The van der Waals surface area contributed by atoms with Gasteiger partial charge in [0.2, 0.25) is 5.91 Å². The number of rotatable bonds is 6. The maximum Gasteiger partial charge on any atom is 0.317 e. The molecule has 0 bridgehead atoms. The van der Waals surface area contributed by atoms with E-state index >= 15 is 0 Å². The van der Waals surface area contributed by atoms with E-state index < -0.39 is 11.6 Å². The number of halogens is 3. The Morgan fingerprint density at radius 1 is 1.00 bits per heavy atom. The van der Waals surface area contributed by atoms with E-state index in [1.807, 2.05) is 18.2 Å². The van der Waals surface area contributed by atoms with Crippen LogP contribution in [-0.2, 0) is 11.2 Å². The predicted octanol–water partition coefficient (Wildman–Crippen LogP) is 3.09. The Morgan fingerprint density at radius 2 is 1.70 bits per heavy atom. The quantitative estimate of drug-likeness (QED) is 0.706. The van der Waals surface area contributed by atoms with Crippen LogP contribution in [0.1, 0.15) is 5.56 Å². The average Bonchev–Trinajstić information content (AvgIpc) is 2.75. The molecule has 0 atom stereocenters. The molecule has 2 aromatic rings. The first-order chi connectivity index (χ1) is 14.4. The molecule has 1 fully saturated rings. The van der Waals surface area contributed by atoms with E-state index in [2.05, 4.69) is 5.32 Å². The molecule has 1 saturated heterocycles. The normalized spacial score (nSPS) is 13.8. The van der Waals surface area contributed by atoms with Gasteiger partial charge in [-0.1, -0.05) is 29.8 Å². The summed E-state index contributed by atoms with van der Waals surface area (Å²) in [6.07, 6.45) is 0.229. The summed E-state index contributed by atoms with van der Waals surface area (Å²) in [6.45, 7) is 2.06. The SMILES string of the molecule is O=C(Cc1ccccc1Cl)N1CCN(C(=O)NCCOc2ccc(F)c(F)c2)CC1. The summed E-state index contributed by atoms with van der Waals surface area (Å²) in [5.74, 6) is -1.77. The van der Waals surface area contributed by atoms with Crippen molar-refractivity contribution in [3.63, 3.8) is 0 Å². The molecule has 0 spiro atoms. The van der Waals surface area contributed by atoms with Gasteiger partial charge in [-0.25, -0.2) is 13.6 Å². The molecule has 1 N–H and O–H groups in total. The molecule has 1 heterocycles. The Hall–Kier alpha value is -2.87. The number of amides is 3. The molecular formula is C21H22ClF2N3O3. The second-order valence-electron chi connectivity index (χ2n) is 6.79. The first kappa shape index (κ1) is 21.8. The lowest BCUT2D eigenvalue weighted by Gasteiger charge is -2.34. The summed E-state index contributed by atoms with van der Waals surface area (Å²) in [5.41, 5.74) is 0.783. The Kier molecular flexibility index (Phi) is 7.46. The summed E-state index contributed by atoms with van der Waals surface area (Å²) in [5, 5.41) is 3.28. The minimum absolute atomic E-state index is 0.0249. The number of urea groups is 1. The van der Waals surface area contributed by atoms with E-state index in [-0.39, 0.29) is 37.3 Å². The molecular weight excluding hydrogens is 416 g/mol. The summed E-state index contributed by atoms with van der Waals surface area (Å²) in [4.78, 5) is 28.1. The van der Waals surface area contributed by atoms with Crippen LogP contribution in [0.3, 0.4) is 0 Å². The monoisotopic (exact) mass is 437 g/mol. The standard InChI is InChI=1S/C21H22ClF2N3O3/c22-17-4-2-1-3-15(17)13-20(28)26-8-10-27(11-9-26)21(29)25-7-12-30-16-5-6-18(23)19(24)14-16/h1-6,14H,7-13H2,(H,25,29). The van der Waals surface area contributed by atoms with Crippen molar-refractivity contribution in [3.05, 3.63) is 64.7 Å². The number of nitrogens with one attached hydrogen (secondary N) is 1. The van der Waals surface area contributed by atoms with Gasteiger partial charge in [-0.05, 0) is 23.8 Å². The zero-order valence-electron chi connectivity index (χ0n) is 16.2. The van der Waals surface area contributed by atoms with E-state index in [0.29, 0.717) is 31.2 Å². The van der Waals surface area contributed by atoms with Crippen molar-refractivity contribution in [1.29, 1.82) is 0 Å². The van der Waals surface area contributed by atoms with Crippen LogP contribution in [-0.4, -0.2) is 61.1 Å². The molecule has 0 aromatic heterocycles. The lowest BCUT2D eigenvalue weighted by molar-refractivity contribution is -0.131. The molecule has 1 aliphatic heterocycles. The summed E-state index contributed by atoms with van der Waals surface area (Å²) >= 11 is 6.11. The molecule has 9 heteroatoms. The zero-order chi connectivity index (χ0) is 21.5. The van der Waals surface area contributed by atoms with Crippen molar-refractivity contribution in [3.8, 4) is 5.75 Å². The maximum atomic E-state index is 13.1. The topological polar surface area (TPSA) is 61.9 Å². The highest BCUT2D eigenvalue weighted by atomic mass is 35.5. The van der Waals surface area contributed by atoms with Gasteiger partial charge >= 0.3 is 6.03 Å². The third-order valence-electron chi connectivity index (χ3n) is 4.76. The molecule has 0 saturated carbocycles. The number of piperazine rings is 1. The molecule has 0 aliphatic carbocycles. The molecule has 6 nitrogen and oxygen atoms in total. The Bertz CT molecular complexity index is 905. The maximum absolute atomic E-state index is 13.1. The van der Waals surface area contributed by atoms with Crippen molar-refractivity contribution in [2.45, 2.75) is 6.42 Å². The van der Waals surface area contributed by atoms with Gasteiger partial charge in [-0.2, -0.15) is 0 Å². The van der Waals surface area contributed by atoms with Crippen LogP contribution >= 0.6 is 11.6 Å². The third kappa shape index (κ3) is 5.82. The number of ether oxygens (including phenoxy) is 1. The van der Waals surface area contributed by atoms with E-state index in [4.69, 9.17) is 16.3 Å². The first-order valence-electron chi connectivity index (χ1n) is 9.56. The highest BCUT2D eigenvalue weighted by Crippen LogP contribution is 2.17. The van der Waals surface area contributed by atoms with Gasteiger partial charge in [0.1, 0.15) is 12.4 Å². The van der Waals surface area contributed by atoms with Gasteiger partial charge in [0, 0.05) is 37.3 Å². The fourth-order valence-electron chi connectivity index (χ4n) is 3.08. The van der Waals surface area contributed by atoms with E-state index in [9.17, 15) is 18.4 Å². The van der Waals surface area contributed by atoms with Crippen molar-refractivity contribution in [1.82, 2.24) is 15.1 Å². The first-order valence-corrected chi connectivity index (χ1v) is 9.93. The average molecular weight is 438 g/mol. The molecule has 160 valence electrons. The summed E-state index contributed by atoms with van der Waals surface area (Å²) < 4.78 is 31.3. The van der Waals surface area contributed by atoms with Crippen LogP contribution in [0.15, 0.2) is 42.5 Å². The van der Waals surface area contributed by atoms with Gasteiger partial charge in [0.25, 0.3) is 0 Å². The van der Waals surface area contributed by atoms with E-state index in [1.54, 1.807) is 15.9 Å². The van der Waals surface area contributed by atoms with Crippen LogP contribution in [0, 0.1) is 11.6 Å². The molecule has 3 amide bonds. The van der Waals surface area contributed by atoms with Gasteiger partial charge in [-0.15, -0.1) is 0 Å². The van der Waals surface area contributed by atoms with Crippen molar-refractivity contribution < 1.29 is 23.1 Å². The van der Waals surface area contributed by atoms with Crippen LogP contribution in [0.5, 0.6) is 5.75 Å². The third-order valence-corrected chi connectivity index (χ3v) is 5.13. The second kappa shape index (κ2) is 10.2. The number of hydrogen-bond donors (Lipinski definition) is 1. The molecule has 2 aromatic carbocycles. The van der Waals surface area contributed by atoms with E-state index in [0.717, 1.165) is 17.7 Å². The highest BCUT2D eigenvalue weighted by Gasteiger charge is 2.24. The summed E-state index contributed by atoms with van der Waals surface area (Å²) in [6, 6.07) is 10.2. The van der Waals surface area contributed by atoms with Gasteiger partial charge in [-0.3, -0.25) is 4.79 Å². The number of nitrogens with zero attached hydrogens (tertiary/aromatic N) is 2. The number of carbonyl (C=O) groups excluding carboxylic acids is 2. The fraction of sp³-hybridized carbons (Fsp3) is 0.333. The molecule has 0 radical (unpaired) electrons. The minimum Gasteiger partial charge on any atom is -0.492 e. The Balaban J connectivity index is 1.37. The van der Waals surface area contributed by atoms with Gasteiger partial charge in [0.15, 0.2) is 11.6 Å². The van der Waals surface area contributed by atoms with Crippen LogP contribution < -0.4 is 10.1 Å². The molecule has 1 aliphatic rings. The molecule has 0 unspecified atom stereocenters. The van der Waals surface area contributed by atoms with Crippen LogP contribution in [0.25, 0.3) is 0 Å². The zero-order valence-corrected chi connectivity index (χ0v) is 17.0. The van der Waals surface area contributed by atoms with Crippen LogP contribution in [0.2, 0.25) is 5.02 Å². The fourth-order valence-corrected chi connectivity index (χ4v) is 3.28. The number of hydrogen-bond acceptors (Lipinski definition) is 3. The lowest BCUT2D eigenvalue weighted by atomic mass is 10.1. The van der Waals surface area contributed by atoms with Crippen molar-refractivity contribution >= 4 is 23.5 Å². The summed E-state index contributed by atoms with van der Waals surface area (Å²) in [7, 11) is 0. The molecule has 30 heavy (non-hydrogen) atoms. The predicted molar refractivity (Wildman–Crippen MR) is 109 cm³/mol. The van der Waals surface area contributed by atoms with Crippen LogP contribution in [0.4, 0.5) is 13.6 Å². The number of benzene rings is 2. The minimum atomic E-state index is -0.988. The second-order valence-corrected chi connectivity index (χ2v) is 7.20. The largest absolute Gasteiger partial charge is 0.492 e.